The van der Waals surface area contributed by atoms with E-state index in [0.717, 1.165) is 12.8 Å². The van der Waals surface area contributed by atoms with Crippen molar-refractivity contribution in [3.05, 3.63) is 0 Å². The molecule has 0 bridgehead atoms. The molecule has 0 amide bonds. The van der Waals surface area contributed by atoms with Crippen LogP contribution in [0.25, 0.3) is 0 Å². The Kier molecular flexibility index (Phi) is 57.6. The lowest BCUT2D eigenvalue weighted by Crippen LogP contribution is -2.21. The van der Waals surface area contributed by atoms with E-state index in [1.165, 1.54) is 51.4 Å². The van der Waals surface area contributed by atoms with E-state index in [0.29, 0.717) is 198 Å². The summed E-state index contributed by atoms with van der Waals surface area (Å²) in [5.41, 5.74) is 0. The van der Waals surface area contributed by atoms with Crippen molar-refractivity contribution in [2.24, 2.45) is 0 Å². The first-order chi connectivity index (χ1) is 30.8. The Bertz CT molecular complexity index is 777. The molecule has 374 valence electrons. The van der Waals surface area contributed by atoms with Crippen LogP contribution < -0.4 is 0 Å². The maximum Gasteiger partial charge on any atom is 0.178 e. The van der Waals surface area contributed by atoms with Crippen LogP contribution in [0.5, 0.6) is 0 Å². The molecule has 0 aliphatic carbocycles. The van der Waals surface area contributed by atoms with Crippen LogP contribution in [0.3, 0.4) is 0 Å². The minimum atomic E-state index is -0.889. The third kappa shape index (κ3) is 57.3. The zero-order valence-corrected chi connectivity index (χ0v) is 38.7. The molecular formula is C44H90O18. The van der Waals surface area contributed by atoms with Crippen molar-refractivity contribution in [1.29, 1.82) is 0 Å². The number of unbranched alkanes of at least 4 members (excludes halogenated alkanes) is 9. The zero-order valence-electron chi connectivity index (χ0n) is 38.7. The molecule has 0 saturated carbocycles. The van der Waals surface area contributed by atoms with Gasteiger partial charge in [0.25, 0.3) is 0 Å². The summed E-state index contributed by atoms with van der Waals surface area (Å²) in [5.74, 6) is 0. The first-order valence-corrected chi connectivity index (χ1v) is 23.4. The Hall–Kier alpha value is -0.720. The standard InChI is InChI=1S/C44H90O18/c1-2-3-4-5-6-7-8-9-10-11-13-62-44(46)43-61-42-41-60-40-39-59-38-37-58-36-35-57-34-33-56-32-31-55-30-29-54-28-27-53-26-25-52-24-23-51-22-21-50-20-19-49-18-17-48-16-15-47-14-12-45/h44-46H,2-43H2,1H3. The third-order valence-corrected chi connectivity index (χ3v) is 8.51. The molecule has 62 heavy (non-hydrogen) atoms. The highest BCUT2D eigenvalue weighted by Crippen LogP contribution is 2.10. The number of ether oxygens (including phenoxy) is 16. The highest BCUT2D eigenvalue weighted by Gasteiger charge is 2.04. The molecule has 18 heteroatoms. The van der Waals surface area contributed by atoms with Gasteiger partial charge in [-0.2, -0.15) is 0 Å². The molecule has 2 N–H and O–H groups in total. The van der Waals surface area contributed by atoms with Gasteiger partial charge in [0.2, 0.25) is 0 Å². The summed E-state index contributed by atoms with van der Waals surface area (Å²) >= 11 is 0. The SMILES string of the molecule is CCCCCCCCCCCCOC(O)COCCOCCOCCOCCOCCOCCOCCOCCOCCOCCOCCOCCOCCOCCOCCO. The molecule has 0 aromatic carbocycles. The lowest BCUT2D eigenvalue weighted by Gasteiger charge is -2.12. The third-order valence-electron chi connectivity index (χ3n) is 8.51. The van der Waals surface area contributed by atoms with E-state index >= 15 is 0 Å². The zero-order chi connectivity index (χ0) is 44.6. The Morgan fingerprint density at radius 2 is 0.468 bits per heavy atom. The monoisotopic (exact) mass is 907 g/mol. The molecule has 0 aromatic heterocycles. The van der Waals surface area contributed by atoms with Crippen LogP contribution in [0.15, 0.2) is 0 Å². The van der Waals surface area contributed by atoms with Crippen LogP contribution >= 0.6 is 0 Å². The molecule has 0 fully saturated rings. The molecule has 0 aromatic rings. The molecule has 18 nitrogen and oxygen atoms in total. The molecule has 0 saturated heterocycles. The van der Waals surface area contributed by atoms with Crippen molar-refractivity contribution >= 4 is 0 Å². The van der Waals surface area contributed by atoms with Gasteiger partial charge in [-0.05, 0) is 6.42 Å². The second kappa shape index (κ2) is 58.3. The lowest BCUT2D eigenvalue weighted by molar-refractivity contribution is -0.141. The topological polar surface area (TPSA) is 188 Å². The van der Waals surface area contributed by atoms with E-state index in [1.54, 1.807) is 0 Å². The summed E-state index contributed by atoms with van der Waals surface area (Å²) < 4.78 is 87.1. The largest absolute Gasteiger partial charge is 0.394 e. The summed E-state index contributed by atoms with van der Waals surface area (Å²) in [6.45, 7) is 16.9. The van der Waals surface area contributed by atoms with Crippen LogP contribution in [0.2, 0.25) is 0 Å². The van der Waals surface area contributed by atoms with Crippen molar-refractivity contribution < 1.29 is 86.0 Å². The minimum Gasteiger partial charge on any atom is -0.394 e. The van der Waals surface area contributed by atoms with Gasteiger partial charge in [-0.25, -0.2) is 0 Å². The molecule has 0 spiro atoms. The van der Waals surface area contributed by atoms with Crippen LogP contribution in [-0.4, -0.2) is 228 Å². The normalized spacial score (nSPS) is 12.2. The number of aliphatic hydroxyl groups is 2. The second-order valence-electron chi connectivity index (χ2n) is 13.9. The molecular weight excluding hydrogens is 816 g/mol. The van der Waals surface area contributed by atoms with E-state index in [2.05, 4.69) is 6.92 Å². The summed E-state index contributed by atoms with van der Waals surface area (Å²) in [7, 11) is 0. The predicted molar refractivity (Wildman–Crippen MR) is 233 cm³/mol. The number of rotatable bonds is 58. The van der Waals surface area contributed by atoms with Crippen LogP contribution in [0.4, 0.5) is 0 Å². The molecule has 1 unspecified atom stereocenters. The predicted octanol–water partition coefficient (Wildman–Crippen LogP) is 3.48. The van der Waals surface area contributed by atoms with Gasteiger partial charge in [0.1, 0.15) is 0 Å². The Labute approximate surface area is 374 Å². The summed E-state index contributed by atoms with van der Waals surface area (Å²) in [6, 6.07) is 0. The highest BCUT2D eigenvalue weighted by molar-refractivity contribution is 4.48. The van der Waals surface area contributed by atoms with Gasteiger partial charge >= 0.3 is 0 Å². The molecule has 0 rings (SSSR count). The average molecular weight is 907 g/mol. The maximum atomic E-state index is 9.88. The fourth-order valence-electron chi connectivity index (χ4n) is 5.18. The fraction of sp³-hybridized carbons (Fsp3) is 1.00. The van der Waals surface area contributed by atoms with Crippen LogP contribution in [0, 0.1) is 0 Å². The molecule has 0 heterocycles. The first kappa shape index (κ1) is 61.3. The van der Waals surface area contributed by atoms with Gasteiger partial charge in [0, 0.05) is 6.61 Å². The van der Waals surface area contributed by atoms with E-state index in [9.17, 15) is 5.11 Å². The van der Waals surface area contributed by atoms with Gasteiger partial charge in [-0.1, -0.05) is 64.7 Å². The minimum absolute atomic E-state index is 0.0209. The Balaban J connectivity index is 3.11. The number of hydrogen-bond acceptors (Lipinski definition) is 18. The van der Waals surface area contributed by atoms with Crippen molar-refractivity contribution in [1.82, 2.24) is 0 Å². The maximum absolute atomic E-state index is 9.88. The fourth-order valence-corrected chi connectivity index (χ4v) is 5.18. The summed E-state index contributed by atoms with van der Waals surface area (Å²) in [4.78, 5) is 0. The molecule has 0 aliphatic rings. The smallest absolute Gasteiger partial charge is 0.178 e. The van der Waals surface area contributed by atoms with Gasteiger partial charge in [-0.15, -0.1) is 0 Å². The second-order valence-corrected chi connectivity index (χ2v) is 13.9. The van der Waals surface area contributed by atoms with Crippen molar-refractivity contribution in [2.45, 2.75) is 77.4 Å². The number of aliphatic hydroxyl groups excluding tert-OH is 2. The summed E-state index contributed by atoms with van der Waals surface area (Å²) in [6.07, 6.45) is 11.8. The van der Waals surface area contributed by atoms with E-state index in [-0.39, 0.29) is 13.2 Å². The Morgan fingerprint density at radius 3 is 0.710 bits per heavy atom. The van der Waals surface area contributed by atoms with Crippen LogP contribution in [-0.2, 0) is 75.8 Å². The van der Waals surface area contributed by atoms with Gasteiger partial charge in [0.15, 0.2) is 6.29 Å². The van der Waals surface area contributed by atoms with Gasteiger partial charge in [0.05, 0.1) is 205 Å². The summed E-state index contributed by atoms with van der Waals surface area (Å²) in [5, 5.41) is 18.5. The van der Waals surface area contributed by atoms with E-state index in [1.807, 2.05) is 0 Å². The average Bonchev–Trinajstić information content (AvgIpc) is 3.28. The molecule has 0 aliphatic heterocycles. The quantitative estimate of drug-likeness (QED) is 0.0667. The van der Waals surface area contributed by atoms with Crippen LogP contribution in [0.1, 0.15) is 71.1 Å². The molecule has 1 atom stereocenters. The first-order valence-electron chi connectivity index (χ1n) is 23.4. The van der Waals surface area contributed by atoms with Crippen molar-refractivity contribution in [3.63, 3.8) is 0 Å². The van der Waals surface area contributed by atoms with Crippen molar-refractivity contribution in [3.8, 4) is 0 Å². The number of hydrogen-bond donors (Lipinski definition) is 2. The van der Waals surface area contributed by atoms with Crippen molar-refractivity contribution in [2.75, 3.05) is 211 Å². The lowest BCUT2D eigenvalue weighted by atomic mass is 10.1. The highest BCUT2D eigenvalue weighted by atomic mass is 16.6. The van der Waals surface area contributed by atoms with Gasteiger partial charge < -0.3 is 86.0 Å². The van der Waals surface area contributed by atoms with Gasteiger partial charge in [-0.3, -0.25) is 0 Å². The Morgan fingerprint density at radius 1 is 0.258 bits per heavy atom. The van der Waals surface area contributed by atoms with E-state index in [4.69, 9.17) is 80.9 Å². The molecule has 0 radical (unpaired) electrons. The van der Waals surface area contributed by atoms with E-state index < -0.39 is 6.29 Å².